The van der Waals surface area contributed by atoms with Crippen molar-refractivity contribution < 1.29 is 9.53 Å². The minimum atomic E-state index is 0.190. The summed E-state index contributed by atoms with van der Waals surface area (Å²) in [5, 5.41) is 0. The molecule has 0 unspecified atom stereocenters. The second-order valence-corrected chi connectivity index (χ2v) is 9.42. The first-order chi connectivity index (χ1) is 14.2. The monoisotopic (exact) mass is 409 g/mol. The van der Waals surface area contributed by atoms with Crippen LogP contribution in [-0.4, -0.2) is 36.9 Å². The summed E-state index contributed by atoms with van der Waals surface area (Å²) in [6, 6.07) is 17.0. The number of Topliss-reactive ketones (excluding diaryl/α,β-unsaturated/α-hetero) is 1. The van der Waals surface area contributed by atoms with E-state index in [1.807, 2.05) is 24.3 Å². The minimum Gasteiger partial charge on any atom is -0.497 e. The summed E-state index contributed by atoms with van der Waals surface area (Å²) in [6.07, 6.45) is 8.89. The molecule has 1 saturated heterocycles. The van der Waals surface area contributed by atoms with Crippen LogP contribution in [0.25, 0.3) is 0 Å². The van der Waals surface area contributed by atoms with E-state index in [0.717, 1.165) is 48.2 Å². The Morgan fingerprint density at radius 3 is 2.03 bits per heavy atom. The number of benzene rings is 2. The standard InChI is InChI=1S/C25H31NO2S/c1-28-22-9-13-24(14-10-22)29-23-11-7-19(8-12-23)25(27)20-15-17-26(18-16-20)21-5-3-2-4-6-21/h7-14,20-21H,2-6,15-18H2,1H3. The molecule has 3 nitrogen and oxygen atoms in total. The van der Waals surface area contributed by atoms with Crippen molar-refractivity contribution in [1.29, 1.82) is 0 Å². The van der Waals surface area contributed by atoms with Gasteiger partial charge in [0.25, 0.3) is 0 Å². The molecule has 154 valence electrons. The number of ether oxygens (including phenoxy) is 1. The van der Waals surface area contributed by atoms with Crippen molar-refractivity contribution in [3.8, 4) is 5.75 Å². The molecule has 0 N–H and O–H groups in total. The average molecular weight is 410 g/mol. The van der Waals surface area contributed by atoms with E-state index in [-0.39, 0.29) is 5.92 Å². The largest absolute Gasteiger partial charge is 0.497 e. The van der Waals surface area contributed by atoms with Gasteiger partial charge in [-0.3, -0.25) is 4.79 Å². The maximum absolute atomic E-state index is 13.0. The van der Waals surface area contributed by atoms with Crippen LogP contribution in [0.15, 0.2) is 58.3 Å². The van der Waals surface area contributed by atoms with Gasteiger partial charge in [0.2, 0.25) is 0 Å². The predicted molar refractivity (Wildman–Crippen MR) is 119 cm³/mol. The number of carbonyl (C=O) groups excluding carboxylic acids is 1. The van der Waals surface area contributed by atoms with Gasteiger partial charge in [-0.05, 0) is 75.2 Å². The zero-order chi connectivity index (χ0) is 20.1. The van der Waals surface area contributed by atoms with Crippen LogP contribution < -0.4 is 4.74 Å². The average Bonchev–Trinajstić information content (AvgIpc) is 2.80. The molecule has 29 heavy (non-hydrogen) atoms. The minimum absolute atomic E-state index is 0.190. The van der Waals surface area contributed by atoms with Crippen LogP contribution in [0.2, 0.25) is 0 Å². The number of nitrogens with zero attached hydrogens (tertiary/aromatic N) is 1. The Morgan fingerprint density at radius 2 is 1.45 bits per heavy atom. The first kappa shape index (κ1) is 20.5. The quantitative estimate of drug-likeness (QED) is 0.541. The lowest BCUT2D eigenvalue weighted by Gasteiger charge is -2.39. The Labute approximate surface area is 178 Å². The van der Waals surface area contributed by atoms with Gasteiger partial charge in [0, 0.05) is 27.3 Å². The van der Waals surface area contributed by atoms with Crippen LogP contribution in [0.3, 0.4) is 0 Å². The van der Waals surface area contributed by atoms with E-state index in [9.17, 15) is 4.79 Å². The number of hydrogen-bond donors (Lipinski definition) is 0. The van der Waals surface area contributed by atoms with Gasteiger partial charge in [-0.2, -0.15) is 0 Å². The lowest BCUT2D eigenvalue weighted by atomic mass is 9.86. The molecule has 2 fully saturated rings. The molecule has 0 spiro atoms. The van der Waals surface area contributed by atoms with Crippen molar-refractivity contribution in [3.63, 3.8) is 0 Å². The van der Waals surface area contributed by atoms with Gasteiger partial charge >= 0.3 is 0 Å². The van der Waals surface area contributed by atoms with Gasteiger partial charge in [-0.25, -0.2) is 0 Å². The Balaban J connectivity index is 1.31. The van der Waals surface area contributed by atoms with Crippen molar-refractivity contribution in [3.05, 3.63) is 54.1 Å². The van der Waals surface area contributed by atoms with Gasteiger partial charge in [-0.15, -0.1) is 0 Å². The van der Waals surface area contributed by atoms with Gasteiger partial charge < -0.3 is 9.64 Å². The van der Waals surface area contributed by atoms with Crippen molar-refractivity contribution in [1.82, 2.24) is 4.90 Å². The van der Waals surface area contributed by atoms with Crippen LogP contribution in [-0.2, 0) is 0 Å². The zero-order valence-electron chi connectivity index (χ0n) is 17.3. The summed E-state index contributed by atoms with van der Waals surface area (Å²) in [5.74, 6) is 1.38. The Hall–Kier alpha value is -1.78. The fourth-order valence-electron chi connectivity index (χ4n) is 4.68. The summed E-state index contributed by atoms with van der Waals surface area (Å²) < 4.78 is 5.21. The molecule has 0 atom stereocenters. The molecular formula is C25H31NO2S. The summed E-state index contributed by atoms with van der Waals surface area (Å²) >= 11 is 1.71. The van der Waals surface area contributed by atoms with E-state index < -0.39 is 0 Å². The molecule has 2 aromatic carbocycles. The number of methoxy groups -OCH3 is 1. The molecule has 0 amide bonds. The third kappa shape index (κ3) is 5.23. The molecule has 0 aromatic heterocycles. The predicted octanol–water partition coefficient (Wildman–Crippen LogP) is 6.07. The highest BCUT2D eigenvalue weighted by Crippen LogP contribution is 2.31. The van der Waals surface area contributed by atoms with Crippen LogP contribution in [0.5, 0.6) is 5.75 Å². The number of piperidine rings is 1. The highest BCUT2D eigenvalue weighted by molar-refractivity contribution is 7.99. The highest BCUT2D eigenvalue weighted by Gasteiger charge is 2.29. The normalized spacial score (nSPS) is 19.2. The van der Waals surface area contributed by atoms with Gasteiger partial charge in [0.05, 0.1) is 7.11 Å². The number of hydrogen-bond acceptors (Lipinski definition) is 4. The molecule has 1 aliphatic heterocycles. The fourth-order valence-corrected chi connectivity index (χ4v) is 5.49. The van der Waals surface area contributed by atoms with Crippen LogP contribution >= 0.6 is 11.8 Å². The number of rotatable bonds is 6. The molecular weight excluding hydrogens is 378 g/mol. The second kappa shape index (κ2) is 9.82. The third-order valence-corrected chi connectivity index (χ3v) is 7.44. The maximum Gasteiger partial charge on any atom is 0.166 e. The topological polar surface area (TPSA) is 29.5 Å². The van der Waals surface area contributed by atoms with Crippen molar-refractivity contribution in [2.45, 2.75) is 60.8 Å². The smallest absolute Gasteiger partial charge is 0.166 e. The number of ketones is 1. The lowest BCUT2D eigenvalue weighted by molar-refractivity contribution is 0.0747. The lowest BCUT2D eigenvalue weighted by Crippen LogP contribution is -2.43. The van der Waals surface area contributed by atoms with Crippen molar-refractivity contribution in [2.24, 2.45) is 5.92 Å². The van der Waals surface area contributed by atoms with E-state index in [1.54, 1.807) is 18.9 Å². The van der Waals surface area contributed by atoms with E-state index >= 15 is 0 Å². The van der Waals surface area contributed by atoms with Crippen molar-refractivity contribution in [2.75, 3.05) is 20.2 Å². The molecule has 4 heteroatoms. The van der Waals surface area contributed by atoms with Gasteiger partial charge in [0.1, 0.15) is 5.75 Å². The van der Waals surface area contributed by atoms with Gasteiger partial charge in [-0.1, -0.05) is 43.2 Å². The van der Waals surface area contributed by atoms with E-state index in [0.29, 0.717) is 5.78 Å². The second-order valence-electron chi connectivity index (χ2n) is 8.27. The maximum atomic E-state index is 13.0. The summed E-state index contributed by atoms with van der Waals surface area (Å²) in [6.45, 7) is 2.18. The highest BCUT2D eigenvalue weighted by atomic mass is 32.2. The van der Waals surface area contributed by atoms with E-state index in [2.05, 4.69) is 29.2 Å². The Kier molecular flexibility index (Phi) is 6.94. The van der Waals surface area contributed by atoms with Crippen LogP contribution in [0, 0.1) is 5.92 Å². The molecule has 2 aliphatic rings. The SMILES string of the molecule is COc1ccc(Sc2ccc(C(=O)C3CCN(C4CCCCC4)CC3)cc2)cc1. The number of likely N-dealkylation sites (tertiary alicyclic amines) is 1. The van der Waals surface area contributed by atoms with Crippen LogP contribution in [0.4, 0.5) is 0 Å². The van der Waals surface area contributed by atoms with E-state index in [1.165, 1.54) is 37.0 Å². The molecule has 1 saturated carbocycles. The molecule has 1 aliphatic carbocycles. The summed E-state index contributed by atoms with van der Waals surface area (Å²) in [5.41, 5.74) is 0.861. The van der Waals surface area contributed by atoms with Crippen molar-refractivity contribution >= 4 is 17.5 Å². The first-order valence-corrected chi connectivity index (χ1v) is 11.7. The van der Waals surface area contributed by atoms with Gasteiger partial charge in [0.15, 0.2) is 5.78 Å². The Bertz CT molecular complexity index is 789. The molecule has 4 rings (SSSR count). The molecule has 0 bridgehead atoms. The van der Waals surface area contributed by atoms with E-state index in [4.69, 9.17) is 4.74 Å². The summed E-state index contributed by atoms with van der Waals surface area (Å²) in [4.78, 5) is 18.0. The Morgan fingerprint density at radius 1 is 0.862 bits per heavy atom. The number of carbonyl (C=O) groups is 1. The fraction of sp³-hybridized carbons (Fsp3) is 0.480. The molecule has 2 aromatic rings. The molecule has 0 radical (unpaired) electrons. The first-order valence-electron chi connectivity index (χ1n) is 10.9. The molecule has 1 heterocycles. The summed E-state index contributed by atoms with van der Waals surface area (Å²) in [7, 11) is 1.68. The third-order valence-electron chi connectivity index (χ3n) is 6.43. The zero-order valence-corrected chi connectivity index (χ0v) is 18.1. The van der Waals surface area contributed by atoms with Crippen LogP contribution in [0.1, 0.15) is 55.3 Å².